The van der Waals surface area contributed by atoms with Crippen LogP contribution in [0.5, 0.6) is 0 Å². The van der Waals surface area contributed by atoms with Crippen LogP contribution in [0.4, 0.5) is 0 Å². The van der Waals surface area contributed by atoms with Gasteiger partial charge in [-0.05, 0) is 36.0 Å². The molecule has 0 amide bonds. The van der Waals surface area contributed by atoms with Gasteiger partial charge in [0.2, 0.25) is 0 Å². The zero-order valence-electron chi connectivity index (χ0n) is 9.93. The summed E-state index contributed by atoms with van der Waals surface area (Å²) in [6.07, 6.45) is 0.970. The third-order valence-electron chi connectivity index (χ3n) is 2.32. The molecule has 0 fully saturated rings. The number of aliphatic hydroxyl groups is 1. The van der Waals surface area contributed by atoms with Gasteiger partial charge in [-0.25, -0.2) is 0 Å². The average molecular weight is 261 g/mol. The van der Waals surface area contributed by atoms with Gasteiger partial charge in [0.05, 0.1) is 6.10 Å². The van der Waals surface area contributed by atoms with E-state index >= 15 is 0 Å². The van der Waals surface area contributed by atoms with Crippen molar-refractivity contribution in [1.29, 1.82) is 0 Å². The van der Waals surface area contributed by atoms with Crippen LogP contribution >= 0.6 is 23.2 Å². The van der Waals surface area contributed by atoms with Gasteiger partial charge in [-0.2, -0.15) is 0 Å². The lowest BCUT2D eigenvalue weighted by Crippen LogP contribution is -2.19. The number of aliphatic hydroxyl groups excluding tert-OH is 1. The molecule has 0 heterocycles. The van der Waals surface area contributed by atoms with Crippen molar-refractivity contribution in [2.24, 2.45) is 5.41 Å². The number of hydrogen-bond acceptors (Lipinski definition) is 1. The van der Waals surface area contributed by atoms with E-state index in [0.29, 0.717) is 16.5 Å². The minimum atomic E-state index is -0.362. The van der Waals surface area contributed by atoms with Crippen LogP contribution in [0.15, 0.2) is 18.2 Å². The lowest BCUT2D eigenvalue weighted by Gasteiger charge is -2.22. The van der Waals surface area contributed by atoms with Crippen molar-refractivity contribution in [2.75, 3.05) is 0 Å². The van der Waals surface area contributed by atoms with Gasteiger partial charge in [0.1, 0.15) is 0 Å². The largest absolute Gasteiger partial charge is 0.393 e. The first-order valence-electron chi connectivity index (χ1n) is 5.40. The molecule has 0 aliphatic heterocycles. The third kappa shape index (κ3) is 4.73. The van der Waals surface area contributed by atoms with Crippen LogP contribution in [0.3, 0.4) is 0 Å². The highest BCUT2D eigenvalue weighted by molar-refractivity contribution is 6.35. The van der Waals surface area contributed by atoms with E-state index in [1.165, 1.54) is 0 Å². The molecule has 3 heteroatoms. The highest BCUT2D eigenvalue weighted by Crippen LogP contribution is 2.26. The van der Waals surface area contributed by atoms with Crippen LogP contribution in [-0.4, -0.2) is 11.2 Å². The SMILES string of the molecule is CC(C)(C)CC(O)Cc1ccc(Cl)cc1Cl. The van der Waals surface area contributed by atoms with E-state index in [1.807, 2.05) is 6.07 Å². The maximum atomic E-state index is 9.94. The van der Waals surface area contributed by atoms with Crippen LogP contribution in [0.25, 0.3) is 0 Å². The Bertz CT molecular complexity index is 355. The fourth-order valence-corrected chi connectivity index (χ4v) is 2.21. The monoisotopic (exact) mass is 260 g/mol. The maximum absolute atomic E-state index is 9.94. The molecule has 1 aromatic rings. The highest BCUT2D eigenvalue weighted by atomic mass is 35.5. The van der Waals surface area contributed by atoms with Crippen LogP contribution < -0.4 is 0 Å². The second-order valence-electron chi connectivity index (χ2n) is 5.36. The predicted octanol–water partition coefficient (Wildman–Crippen LogP) is 4.33. The summed E-state index contributed by atoms with van der Waals surface area (Å²) in [6.45, 7) is 6.33. The molecule has 1 unspecified atom stereocenters. The molecule has 0 saturated heterocycles. The number of benzene rings is 1. The molecule has 90 valence electrons. The number of hydrogen-bond donors (Lipinski definition) is 1. The van der Waals surface area contributed by atoms with Gasteiger partial charge < -0.3 is 5.11 Å². The average Bonchev–Trinajstić information content (AvgIpc) is 2.06. The topological polar surface area (TPSA) is 20.2 Å². The first-order valence-corrected chi connectivity index (χ1v) is 6.15. The first kappa shape index (κ1) is 13.8. The molecule has 0 aromatic heterocycles. The molecule has 0 saturated carbocycles. The molecule has 0 spiro atoms. The molecule has 0 radical (unpaired) electrons. The molecular formula is C13H18Cl2O. The van der Waals surface area contributed by atoms with Gasteiger partial charge in [0.15, 0.2) is 0 Å². The fraction of sp³-hybridized carbons (Fsp3) is 0.538. The summed E-state index contributed by atoms with van der Waals surface area (Å²) < 4.78 is 0. The van der Waals surface area contributed by atoms with E-state index in [4.69, 9.17) is 23.2 Å². The van der Waals surface area contributed by atoms with Crippen molar-refractivity contribution in [1.82, 2.24) is 0 Å². The minimum Gasteiger partial charge on any atom is -0.393 e. The molecule has 1 nitrogen and oxygen atoms in total. The van der Waals surface area contributed by atoms with E-state index in [9.17, 15) is 5.11 Å². The van der Waals surface area contributed by atoms with Gasteiger partial charge in [0, 0.05) is 10.0 Å². The normalized spacial score (nSPS) is 13.9. The Labute approximate surface area is 107 Å². The van der Waals surface area contributed by atoms with Crippen LogP contribution in [-0.2, 0) is 6.42 Å². The Balaban J connectivity index is 2.66. The van der Waals surface area contributed by atoms with Crippen LogP contribution in [0, 0.1) is 5.41 Å². The highest BCUT2D eigenvalue weighted by Gasteiger charge is 2.17. The number of halogens is 2. The van der Waals surface area contributed by atoms with Gasteiger partial charge >= 0.3 is 0 Å². The van der Waals surface area contributed by atoms with Crippen molar-refractivity contribution in [2.45, 2.75) is 39.7 Å². The molecule has 0 bridgehead atoms. The summed E-state index contributed by atoms with van der Waals surface area (Å²) >= 11 is 11.9. The van der Waals surface area contributed by atoms with E-state index < -0.39 is 0 Å². The summed E-state index contributed by atoms with van der Waals surface area (Å²) in [6, 6.07) is 5.38. The van der Waals surface area contributed by atoms with Crippen molar-refractivity contribution in [3.63, 3.8) is 0 Å². The lowest BCUT2D eigenvalue weighted by atomic mass is 9.87. The summed E-state index contributed by atoms with van der Waals surface area (Å²) in [4.78, 5) is 0. The van der Waals surface area contributed by atoms with Crippen molar-refractivity contribution in [3.8, 4) is 0 Å². The van der Waals surface area contributed by atoms with E-state index in [0.717, 1.165) is 12.0 Å². The molecular weight excluding hydrogens is 243 g/mol. The van der Waals surface area contributed by atoms with Gasteiger partial charge in [0.25, 0.3) is 0 Å². The lowest BCUT2D eigenvalue weighted by molar-refractivity contribution is 0.121. The second kappa shape index (κ2) is 5.39. The van der Waals surface area contributed by atoms with Gasteiger partial charge in [-0.15, -0.1) is 0 Å². The first-order chi connectivity index (χ1) is 7.28. The van der Waals surface area contributed by atoms with Crippen LogP contribution in [0.2, 0.25) is 10.0 Å². The van der Waals surface area contributed by atoms with E-state index in [-0.39, 0.29) is 11.5 Å². The molecule has 0 aliphatic carbocycles. The molecule has 1 N–H and O–H groups in total. The minimum absolute atomic E-state index is 0.123. The standard InChI is InChI=1S/C13H18Cl2O/c1-13(2,3)8-11(16)6-9-4-5-10(14)7-12(9)15/h4-5,7,11,16H,6,8H2,1-3H3. The van der Waals surface area contributed by atoms with Crippen LogP contribution in [0.1, 0.15) is 32.8 Å². The molecule has 16 heavy (non-hydrogen) atoms. The summed E-state index contributed by atoms with van der Waals surface area (Å²) in [7, 11) is 0. The van der Waals surface area contributed by atoms with Crippen molar-refractivity contribution in [3.05, 3.63) is 33.8 Å². The summed E-state index contributed by atoms with van der Waals surface area (Å²) in [5.41, 5.74) is 1.07. The Morgan fingerprint density at radius 1 is 1.25 bits per heavy atom. The number of rotatable bonds is 3. The molecule has 1 rings (SSSR count). The quantitative estimate of drug-likeness (QED) is 0.858. The Kier molecular flexibility index (Phi) is 4.66. The predicted molar refractivity (Wildman–Crippen MR) is 70.2 cm³/mol. The van der Waals surface area contributed by atoms with Gasteiger partial charge in [-0.1, -0.05) is 50.0 Å². The smallest absolute Gasteiger partial charge is 0.0586 e. The van der Waals surface area contributed by atoms with E-state index in [2.05, 4.69) is 20.8 Å². The third-order valence-corrected chi connectivity index (χ3v) is 2.91. The fourth-order valence-electron chi connectivity index (χ4n) is 1.72. The maximum Gasteiger partial charge on any atom is 0.0586 e. The van der Waals surface area contributed by atoms with Crippen molar-refractivity contribution >= 4 is 23.2 Å². The summed E-state index contributed by atoms with van der Waals surface area (Å²) in [5.74, 6) is 0. The van der Waals surface area contributed by atoms with Gasteiger partial charge in [-0.3, -0.25) is 0 Å². The Hall–Kier alpha value is -0.240. The zero-order chi connectivity index (χ0) is 12.3. The van der Waals surface area contributed by atoms with E-state index in [1.54, 1.807) is 12.1 Å². The Morgan fingerprint density at radius 3 is 2.38 bits per heavy atom. The molecule has 1 atom stereocenters. The second-order valence-corrected chi connectivity index (χ2v) is 6.20. The van der Waals surface area contributed by atoms with Crippen molar-refractivity contribution < 1.29 is 5.11 Å². The Morgan fingerprint density at radius 2 is 1.88 bits per heavy atom. The molecule has 1 aromatic carbocycles. The molecule has 0 aliphatic rings. The zero-order valence-corrected chi connectivity index (χ0v) is 11.4. The summed E-state index contributed by atoms with van der Waals surface area (Å²) in [5, 5.41) is 11.2.